The van der Waals surface area contributed by atoms with Gasteiger partial charge in [-0.1, -0.05) is 12.1 Å². The van der Waals surface area contributed by atoms with Gasteiger partial charge in [0.2, 0.25) is 10.0 Å². The summed E-state index contributed by atoms with van der Waals surface area (Å²) in [6, 6.07) is 15.9. The fourth-order valence-corrected chi connectivity index (χ4v) is 4.22. The van der Waals surface area contributed by atoms with Crippen LogP contribution in [0.5, 0.6) is 11.5 Å². The van der Waals surface area contributed by atoms with Gasteiger partial charge in [-0.3, -0.25) is 0 Å². The van der Waals surface area contributed by atoms with E-state index in [4.69, 9.17) is 9.47 Å². The number of hydrogen-bond acceptors (Lipinski definition) is 4. The van der Waals surface area contributed by atoms with E-state index < -0.39 is 16.1 Å². The van der Waals surface area contributed by atoms with E-state index in [0.717, 1.165) is 11.3 Å². The highest BCUT2D eigenvalue weighted by Gasteiger charge is 2.23. The van der Waals surface area contributed by atoms with Gasteiger partial charge in [0.05, 0.1) is 14.2 Å². The monoisotopic (exact) mass is 386 g/mol. The van der Waals surface area contributed by atoms with Gasteiger partial charge >= 0.3 is 0 Å². The fraction of sp³-hybridized carbons (Fsp3) is 0.200. The summed E-state index contributed by atoms with van der Waals surface area (Å²) in [5.41, 5.74) is 1.87. The van der Waals surface area contributed by atoms with Gasteiger partial charge in [-0.05, 0) is 48.9 Å². The first-order valence-corrected chi connectivity index (χ1v) is 9.90. The van der Waals surface area contributed by atoms with Gasteiger partial charge in [-0.25, -0.2) is 13.1 Å². The number of nitrogens with zero attached hydrogens (tertiary/aromatic N) is 1. The third-order valence-electron chi connectivity index (χ3n) is 4.29. The molecule has 0 spiro atoms. The average Bonchev–Trinajstić information content (AvgIpc) is 3.22. The molecule has 6 nitrogen and oxygen atoms in total. The Kier molecular flexibility index (Phi) is 5.53. The van der Waals surface area contributed by atoms with Gasteiger partial charge in [-0.15, -0.1) is 0 Å². The lowest BCUT2D eigenvalue weighted by atomic mass is 10.1. The van der Waals surface area contributed by atoms with Crippen LogP contribution in [0.25, 0.3) is 5.69 Å². The molecule has 0 aliphatic carbocycles. The minimum atomic E-state index is -3.80. The summed E-state index contributed by atoms with van der Waals surface area (Å²) in [6.45, 7) is 1.80. The largest absolute Gasteiger partial charge is 0.497 e. The van der Waals surface area contributed by atoms with Crippen molar-refractivity contribution in [1.82, 2.24) is 9.29 Å². The topological polar surface area (TPSA) is 69.6 Å². The van der Waals surface area contributed by atoms with E-state index in [1.165, 1.54) is 20.3 Å². The molecule has 0 aliphatic heterocycles. The Morgan fingerprint density at radius 1 is 0.963 bits per heavy atom. The van der Waals surface area contributed by atoms with Crippen LogP contribution in [0.3, 0.4) is 0 Å². The second-order valence-electron chi connectivity index (χ2n) is 6.04. The highest BCUT2D eigenvalue weighted by Crippen LogP contribution is 2.29. The van der Waals surface area contributed by atoms with Crippen molar-refractivity contribution in [3.05, 3.63) is 72.6 Å². The molecular weight excluding hydrogens is 364 g/mol. The molecule has 7 heteroatoms. The van der Waals surface area contributed by atoms with Gasteiger partial charge in [-0.2, -0.15) is 0 Å². The minimum Gasteiger partial charge on any atom is -0.497 e. The van der Waals surface area contributed by atoms with E-state index in [1.54, 1.807) is 19.1 Å². The number of ether oxygens (including phenoxy) is 2. The predicted octanol–water partition coefficient (Wildman–Crippen LogP) is 3.53. The first-order chi connectivity index (χ1) is 12.9. The van der Waals surface area contributed by atoms with Crippen LogP contribution in [0.4, 0.5) is 0 Å². The number of methoxy groups -OCH3 is 2. The lowest BCUT2D eigenvalue weighted by Crippen LogP contribution is -2.27. The van der Waals surface area contributed by atoms with E-state index in [0.29, 0.717) is 5.75 Å². The quantitative estimate of drug-likeness (QED) is 0.674. The maximum Gasteiger partial charge on any atom is 0.244 e. The third kappa shape index (κ3) is 4.15. The lowest BCUT2D eigenvalue weighted by molar-refractivity contribution is 0.391. The number of hydrogen-bond donors (Lipinski definition) is 1. The van der Waals surface area contributed by atoms with Gasteiger partial charge in [0, 0.05) is 30.2 Å². The van der Waals surface area contributed by atoms with Crippen LogP contribution in [0, 0.1) is 0 Å². The van der Waals surface area contributed by atoms with E-state index in [2.05, 4.69) is 4.72 Å². The molecule has 1 atom stereocenters. The second-order valence-corrected chi connectivity index (χ2v) is 7.72. The smallest absolute Gasteiger partial charge is 0.244 e. The SMILES string of the molecule is COc1ccc(OC)c(S(=O)(=O)NC(C)c2ccc(-n3cccc3)cc2)c1. The van der Waals surface area contributed by atoms with Gasteiger partial charge in [0.15, 0.2) is 0 Å². The van der Waals surface area contributed by atoms with Crippen LogP contribution in [0.15, 0.2) is 71.9 Å². The zero-order chi connectivity index (χ0) is 19.4. The van der Waals surface area contributed by atoms with Crippen molar-refractivity contribution in [1.29, 1.82) is 0 Å². The standard InChI is InChI=1S/C20H22N2O4S/c1-15(16-6-8-17(9-7-16)22-12-4-5-13-22)21-27(23,24)20-14-18(25-2)10-11-19(20)26-3/h4-15,21H,1-3H3. The summed E-state index contributed by atoms with van der Waals surface area (Å²) >= 11 is 0. The maximum absolute atomic E-state index is 12.9. The first kappa shape index (κ1) is 19.0. The van der Waals surface area contributed by atoms with Gasteiger partial charge < -0.3 is 14.0 Å². The van der Waals surface area contributed by atoms with E-state index >= 15 is 0 Å². The molecule has 3 aromatic rings. The number of aromatic nitrogens is 1. The summed E-state index contributed by atoms with van der Waals surface area (Å²) in [7, 11) is -0.875. The summed E-state index contributed by atoms with van der Waals surface area (Å²) < 4.78 is 40.8. The molecule has 2 aromatic carbocycles. The highest BCUT2D eigenvalue weighted by molar-refractivity contribution is 7.89. The van der Waals surface area contributed by atoms with Crippen molar-refractivity contribution in [2.45, 2.75) is 17.9 Å². The second kappa shape index (κ2) is 7.85. The Hall–Kier alpha value is -2.77. The Balaban J connectivity index is 1.83. The molecular formula is C20H22N2O4S. The molecule has 3 rings (SSSR count). The highest BCUT2D eigenvalue weighted by atomic mass is 32.2. The molecule has 1 unspecified atom stereocenters. The molecule has 0 aliphatic rings. The Morgan fingerprint density at radius 3 is 2.22 bits per heavy atom. The van der Waals surface area contributed by atoms with Crippen LogP contribution in [0.1, 0.15) is 18.5 Å². The predicted molar refractivity (Wildman–Crippen MR) is 104 cm³/mol. The number of benzene rings is 2. The van der Waals surface area contributed by atoms with Crippen molar-refractivity contribution in [3.8, 4) is 17.2 Å². The summed E-state index contributed by atoms with van der Waals surface area (Å²) in [5, 5.41) is 0. The van der Waals surface area contributed by atoms with Crippen molar-refractivity contribution in [2.24, 2.45) is 0 Å². The zero-order valence-electron chi connectivity index (χ0n) is 15.4. The first-order valence-electron chi connectivity index (χ1n) is 8.42. The number of rotatable bonds is 7. The van der Waals surface area contributed by atoms with Crippen molar-refractivity contribution in [3.63, 3.8) is 0 Å². The molecule has 1 aromatic heterocycles. The van der Waals surface area contributed by atoms with E-state index in [9.17, 15) is 8.42 Å². The molecule has 1 N–H and O–H groups in total. The van der Waals surface area contributed by atoms with Gasteiger partial charge in [0.1, 0.15) is 16.4 Å². The summed E-state index contributed by atoms with van der Waals surface area (Å²) in [6.07, 6.45) is 3.91. The molecule has 0 bridgehead atoms. The molecule has 142 valence electrons. The van der Waals surface area contributed by atoms with Crippen LogP contribution in [-0.2, 0) is 10.0 Å². The van der Waals surface area contributed by atoms with E-state index in [-0.39, 0.29) is 10.6 Å². The molecule has 1 heterocycles. The minimum absolute atomic E-state index is 0.0418. The third-order valence-corrected chi connectivity index (χ3v) is 5.85. The van der Waals surface area contributed by atoms with Crippen LogP contribution < -0.4 is 14.2 Å². The summed E-state index contributed by atoms with van der Waals surface area (Å²) in [5.74, 6) is 0.707. The van der Waals surface area contributed by atoms with E-state index in [1.807, 2.05) is 53.4 Å². The number of nitrogens with one attached hydrogen (secondary N) is 1. The Labute approximate surface area is 159 Å². The maximum atomic E-state index is 12.9. The van der Waals surface area contributed by atoms with Gasteiger partial charge in [0.25, 0.3) is 0 Å². The molecule has 27 heavy (non-hydrogen) atoms. The van der Waals surface area contributed by atoms with Crippen LogP contribution in [0.2, 0.25) is 0 Å². The van der Waals surface area contributed by atoms with Crippen LogP contribution >= 0.6 is 0 Å². The fourth-order valence-electron chi connectivity index (χ4n) is 2.80. The lowest BCUT2D eigenvalue weighted by Gasteiger charge is -2.17. The van der Waals surface area contributed by atoms with Crippen molar-refractivity contribution < 1.29 is 17.9 Å². The average molecular weight is 386 g/mol. The molecule has 0 fully saturated rings. The van der Waals surface area contributed by atoms with Crippen LogP contribution in [-0.4, -0.2) is 27.2 Å². The molecule has 0 saturated heterocycles. The van der Waals surface area contributed by atoms with Crippen molar-refractivity contribution >= 4 is 10.0 Å². The molecule has 0 amide bonds. The normalized spacial score (nSPS) is 12.6. The Bertz CT molecular complexity index is 997. The number of sulfonamides is 1. The Morgan fingerprint density at radius 2 is 1.63 bits per heavy atom. The molecule has 0 saturated carbocycles. The zero-order valence-corrected chi connectivity index (χ0v) is 16.2. The van der Waals surface area contributed by atoms with Crippen molar-refractivity contribution in [2.75, 3.05) is 14.2 Å². The summed E-state index contributed by atoms with van der Waals surface area (Å²) in [4.78, 5) is 0.0418. The molecule has 0 radical (unpaired) electrons.